The molecule has 0 saturated heterocycles. The lowest BCUT2D eigenvalue weighted by molar-refractivity contribution is 0.102. The minimum atomic E-state index is -0.260. The number of para-hydroxylation sites is 2. The van der Waals surface area contributed by atoms with Gasteiger partial charge in [0.1, 0.15) is 11.4 Å². The summed E-state index contributed by atoms with van der Waals surface area (Å²) in [5.74, 6) is 1.04. The van der Waals surface area contributed by atoms with Gasteiger partial charge in [-0.2, -0.15) is 0 Å². The Kier molecular flexibility index (Phi) is 4.43. The summed E-state index contributed by atoms with van der Waals surface area (Å²) < 4.78 is 10.9. The van der Waals surface area contributed by atoms with E-state index in [4.69, 9.17) is 9.15 Å². The van der Waals surface area contributed by atoms with Gasteiger partial charge in [0.2, 0.25) is 0 Å². The van der Waals surface area contributed by atoms with Gasteiger partial charge >= 0.3 is 0 Å². The first-order chi connectivity index (χ1) is 11.2. The Labute approximate surface area is 137 Å². The van der Waals surface area contributed by atoms with E-state index in [0.29, 0.717) is 34.5 Å². The molecule has 0 spiro atoms. The minimum Gasteiger partial charge on any atom is -0.492 e. The first kappa shape index (κ1) is 15.3. The summed E-state index contributed by atoms with van der Waals surface area (Å²) in [6.45, 7) is 4.30. The molecule has 1 aromatic carbocycles. The van der Waals surface area contributed by atoms with Crippen molar-refractivity contribution in [1.82, 2.24) is 4.98 Å². The number of furan rings is 1. The molecule has 6 heteroatoms. The smallest absolute Gasteiger partial charge is 0.275 e. The normalized spacial score (nSPS) is 10.5. The molecular weight excluding hydrogens is 312 g/mol. The lowest BCUT2D eigenvalue weighted by atomic mass is 10.2. The van der Waals surface area contributed by atoms with Crippen molar-refractivity contribution in [1.29, 1.82) is 0 Å². The van der Waals surface area contributed by atoms with E-state index in [1.165, 1.54) is 11.3 Å². The van der Waals surface area contributed by atoms with Crippen LogP contribution in [0.2, 0.25) is 0 Å². The molecule has 3 aromatic rings. The number of aromatic nitrogens is 1. The monoisotopic (exact) mass is 328 g/mol. The first-order valence-corrected chi connectivity index (χ1v) is 8.05. The molecule has 0 aliphatic rings. The van der Waals surface area contributed by atoms with Crippen LogP contribution in [-0.4, -0.2) is 17.5 Å². The number of rotatable bonds is 5. The summed E-state index contributed by atoms with van der Waals surface area (Å²) in [5, 5.41) is 3.55. The summed E-state index contributed by atoms with van der Waals surface area (Å²) >= 11 is 1.43. The molecule has 3 rings (SSSR count). The summed E-state index contributed by atoms with van der Waals surface area (Å²) in [7, 11) is 0. The second-order valence-electron chi connectivity index (χ2n) is 4.78. The number of hydrogen-bond acceptors (Lipinski definition) is 5. The van der Waals surface area contributed by atoms with E-state index < -0.39 is 0 Å². The average molecular weight is 328 g/mol. The molecule has 0 unspecified atom stereocenters. The molecule has 0 radical (unpaired) electrons. The summed E-state index contributed by atoms with van der Waals surface area (Å²) in [4.78, 5) is 17.8. The van der Waals surface area contributed by atoms with Gasteiger partial charge in [-0.1, -0.05) is 12.1 Å². The maximum absolute atomic E-state index is 12.5. The molecule has 2 aromatic heterocycles. The van der Waals surface area contributed by atoms with Gasteiger partial charge < -0.3 is 14.5 Å². The van der Waals surface area contributed by atoms with Crippen molar-refractivity contribution in [3.8, 4) is 16.5 Å². The highest BCUT2D eigenvalue weighted by molar-refractivity contribution is 7.15. The van der Waals surface area contributed by atoms with Crippen LogP contribution in [-0.2, 0) is 0 Å². The topological polar surface area (TPSA) is 64.4 Å². The number of nitrogens with zero attached hydrogens (tertiary/aromatic N) is 1. The molecule has 118 valence electrons. The molecule has 2 heterocycles. The van der Waals surface area contributed by atoms with Crippen LogP contribution in [0.1, 0.15) is 22.3 Å². The van der Waals surface area contributed by atoms with Crippen LogP contribution in [0.4, 0.5) is 5.69 Å². The third kappa shape index (κ3) is 3.27. The fraction of sp³-hybridized carbons (Fsp3) is 0.176. The Balaban J connectivity index is 1.84. The molecule has 1 amide bonds. The molecular formula is C17H16N2O3S. The highest BCUT2D eigenvalue weighted by Crippen LogP contribution is 2.29. The Morgan fingerprint density at radius 1 is 1.30 bits per heavy atom. The van der Waals surface area contributed by atoms with Crippen molar-refractivity contribution >= 4 is 22.9 Å². The van der Waals surface area contributed by atoms with Crippen LogP contribution in [0.15, 0.2) is 47.1 Å². The Hall–Kier alpha value is -2.60. The minimum absolute atomic E-state index is 0.260. The zero-order valence-corrected chi connectivity index (χ0v) is 13.6. The van der Waals surface area contributed by atoms with Gasteiger partial charge in [-0.15, -0.1) is 11.3 Å². The van der Waals surface area contributed by atoms with Gasteiger partial charge in [0.15, 0.2) is 10.8 Å². The van der Waals surface area contributed by atoms with Crippen molar-refractivity contribution in [2.75, 3.05) is 11.9 Å². The van der Waals surface area contributed by atoms with E-state index in [2.05, 4.69) is 10.3 Å². The maximum Gasteiger partial charge on any atom is 0.275 e. The van der Waals surface area contributed by atoms with Crippen LogP contribution in [0, 0.1) is 6.92 Å². The van der Waals surface area contributed by atoms with E-state index in [9.17, 15) is 4.79 Å². The van der Waals surface area contributed by atoms with Gasteiger partial charge in [-0.3, -0.25) is 4.79 Å². The molecule has 0 saturated carbocycles. The molecule has 23 heavy (non-hydrogen) atoms. The fourth-order valence-electron chi connectivity index (χ4n) is 2.15. The van der Waals surface area contributed by atoms with Crippen molar-refractivity contribution in [2.24, 2.45) is 0 Å². The molecule has 5 nitrogen and oxygen atoms in total. The summed E-state index contributed by atoms with van der Waals surface area (Å²) in [5.41, 5.74) is 1.03. The maximum atomic E-state index is 12.5. The summed E-state index contributed by atoms with van der Waals surface area (Å²) in [6, 6.07) is 11.0. The largest absolute Gasteiger partial charge is 0.492 e. The number of amides is 1. The molecule has 0 atom stereocenters. The van der Waals surface area contributed by atoms with E-state index in [1.807, 2.05) is 38.1 Å². The van der Waals surface area contributed by atoms with Gasteiger partial charge in [0, 0.05) is 4.88 Å². The number of benzene rings is 1. The van der Waals surface area contributed by atoms with Gasteiger partial charge in [0.25, 0.3) is 5.91 Å². The van der Waals surface area contributed by atoms with Gasteiger partial charge in [-0.25, -0.2) is 4.98 Å². The predicted molar refractivity (Wildman–Crippen MR) is 90.1 cm³/mol. The number of carbonyl (C=O) groups is 1. The van der Waals surface area contributed by atoms with Crippen LogP contribution >= 0.6 is 11.3 Å². The van der Waals surface area contributed by atoms with E-state index >= 15 is 0 Å². The molecule has 1 N–H and O–H groups in total. The van der Waals surface area contributed by atoms with Crippen LogP contribution in [0.25, 0.3) is 10.8 Å². The Morgan fingerprint density at radius 2 is 2.13 bits per heavy atom. The molecule has 0 bridgehead atoms. The van der Waals surface area contributed by atoms with Gasteiger partial charge in [0.05, 0.1) is 18.6 Å². The second-order valence-corrected chi connectivity index (χ2v) is 5.99. The quantitative estimate of drug-likeness (QED) is 0.755. The van der Waals surface area contributed by atoms with Crippen molar-refractivity contribution in [3.63, 3.8) is 0 Å². The number of carbonyl (C=O) groups excluding carboxylic acids is 1. The third-order valence-electron chi connectivity index (χ3n) is 3.18. The SMILES string of the molecule is CCOc1ccccc1NC(=O)c1nc(-c2ccco2)sc1C. The van der Waals surface area contributed by atoms with Crippen molar-refractivity contribution in [2.45, 2.75) is 13.8 Å². The second kappa shape index (κ2) is 6.66. The van der Waals surface area contributed by atoms with E-state index in [-0.39, 0.29) is 5.91 Å². The number of thiazole rings is 1. The standard InChI is InChI=1S/C17H16N2O3S/c1-3-21-13-8-5-4-7-12(13)18-16(20)15-11(2)23-17(19-15)14-9-6-10-22-14/h4-10H,3H2,1-2H3,(H,18,20). The number of aryl methyl sites for hydroxylation is 1. The lowest BCUT2D eigenvalue weighted by Gasteiger charge is -2.10. The Bertz CT molecular complexity index is 809. The van der Waals surface area contributed by atoms with Crippen LogP contribution < -0.4 is 10.1 Å². The average Bonchev–Trinajstić information content (AvgIpc) is 3.18. The van der Waals surface area contributed by atoms with Crippen molar-refractivity contribution in [3.05, 3.63) is 53.2 Å². The third-order valence-corrected chi connectivity index (χ3v) is 4.16. The van der Waals surface area contributed by atoms with Crippen LogP contribution in [0.3, 0.4) is 0 Å². The first-order valence-electron chi connectivity index (χ1n) is 7.23. The highest BCUT2D eigenvalue weighted by atomic mass is 32.1. The number of anilines is 1. The number of hydrogen-bond donors (Lipinski definition) is 1. The number of ether oxygens (including phenoxy) is 1. The zero-order valence-electron chi connectivity index (χ0n) is 12.8. The fourth-order valence-corrected chi connectivity index (χ4v) is 3.02. The highest BCUT2D eigenvalue weighted by Gasteiger charge is 2.18. The van der Waals surface area contributed by atoms with Crippen LogP contribution in [0.5, 0.6) is 5.75 Å². The van der Waals surface area contributed by atoms with E-state index in [1.54, 1.807) is 18.4 Å². The van der Waals surface area contributed by atoms with Gasteiger partial charge in [-0.05, 0) is 38.1 Å². The lowest BCUT2D eigenvalue weighted by Crippen LogP contribution is -2.14. The molecule has 0 aliphatic carbocycles. The Morgan fingerprint density at radius 3 is 2.87 bits per heavy atom. The summed E-state index contributed by atoms with van der Waals surface area (Å²) in [6.07, 6.45) is 1.59. The predicted octanol–water partition coefficient (Wildman–Crippen LogP) is 4.36. The number of nitrogens with one attached hydrogen (secondary N) is 1. The van der Waals surface area contributed by atoms with Crippen molar-refractivity contribution < 1.29 is 13.9 Å². The zero-order chi connectivity index (χ0) is 16.2. The van der Waals surface area contributed by atoms with E-state index in [0.717, 1.165) is 4.88 Å². The molecule has 0 fully saturated rings. The molecule has 0 aliphatic heterocycles.